The van der Waals surface area contributed by atoms with E-state index < -0.39 is 5.76 Å². The molecule has 1 atom stereocenters. The number of aromatic nitrogens is 1. The number of fused-ring (bicyclic) bond motifs is 1. The smallest absolute Gasteiger partial charge is 0.408 e. The van der Waals surface area contributed by atoms with Crippen LogP contribution in [0.15, 0.2) is 27.4 Å². The normalized spacial score (nSPS) is 13.4. The van der Waals surface area contributed by atoms with E-state index in [1.807, 2.05) is 32.3 Å². The summed E-state index contributed by atoms with van der Waals surface area (Å²) in [6.45, 7) is 0. The number of aromatic amines is 1. The first kappa shape index (κ1) is 12.2. The molecular formula is C12H15ClN2O2. The summed E-state index contributed by atoms with van der Waals surface area (Å²) in [5.41, 5.74) is 2.42. The summed E-state index contributed by atoms with van der Waals surface area (Å²) in [7, 11) is 4.02. The molecule has 2 rings (SSSR count). The molecule has 2 aromatic rings. The molecule has 1 aromatic heterocycles. The molecule has 1 aromatic carbocycles. The maximum absolute atomic E-state index is 11.1. The van der Waals surface area contributed by atoms with E-state index in [1.165, 1.54) is 0 Å². The second-order valence-electron chi connectivity index (χ2n) is 4.23. The molecule has 17 heavy (non-hydrogen) atoms. The third-order valence-electron chi connectivity index (χ3n) is 2.84. The van der Waals surface area contributed by atoms with E-state index in [1.54, 1.807) is 0 Å². The molecule has 1 N–H and O–H groups in total. The van der Waals surface area contributed by atoms with E-state index in [-0.39, 0.29) is 6.04 Å². The maximum Gasteiger partial charge on any atom is 0.417 e. The van der Waals surface area contributed by atoms with Crippen molar-refractivity contribution in [2.24, 2.45) is 0 Å². The predicted octanol–water partition coefficient (Wildman–Crippen LogP) is 2.35. The van der Waals surface area contributed by atoms with Crippen LogP contribution in [0.5, 0.6) is 0 Å². The van der Waals surface area contributed by atoms with E-state index in [9.17, 15) is 4.79 Å². The molecule has 0 aliphatic carbocycles. The van der Waals surface area contributed by atoms with Crippen LogP contribution in [0.3, 0.4) is 0 Å². The number of alkyl halides is 1. The maximum atomic E-state index is 11.1. The molecule has 1 unspecified atom stereocenters. The van der Waals surface area contributed by atoms with Gasteiger partial charge in [-0.1, -0.05) is 6.07 Å². The molecule has 92 valence electrons. The first-order valence-corrected chi connectivity index (χ1v) is 6.00. The Morgan fingerprint density at radius 3 is 2.88 bits per heavy atom. The summed E-state index contributed by atoms with van der Waals surface area (Å²) in [5.74, 6) is 0.175. The van der Waals surface area contributed by atoms with Crippen LogP contribution < -0.4 is 5.76 Å². The van der Waals surface area contributed by atoms with Gasteiger partial charge in [-0.3, -0.25) is 4.98 Å². The Kier molecular flexibility index (Phi) is 3.54. The van der Waals surface area contributed by atoms with Crippen molar-refractivity contribution in [2.45, 2.75) is 12.5 Å². The van der Waals surface area contributed by atoms with E-state index >= 15 is 0 Å². The van der Waals surface area contributed by atoms with Gasteiger partial charge in [-0.2, -0.15) is 0 Å². The van der Waals surface area contributed by atoms with Gasteiger partial charge in [0.2, 0.25) is 0 Å². The number of rotatable bonds is 4. The van der Waals surface area contributed by atoms with E-state index in [2.05, 4.69) is 9.88 Å². The van der Waals surface area contributed by atoms with Crippen molar-refractivity contribution >= 4 is 22.7 Å². The van der Waals surface area contributed by atoms with Gasteiger partial charge in [0.25, 0.3) is 0 Å². The molecule has 0 bridgehead atoms. The standard InChI is InChI=1S/C12H15ClN2O2/c1-15(2)10(5-6-13)8-3-4-9-11(7-8)17-12(16)14-9/h3-4,7,10H,5-6H2,1-2H3,(H,14,16). The van der Waals surface area contributed by atoms with Crippen molar-refractivity contribution in [3.05, 3.63) is 34.3 Å². The third kappa shape index (κ3) is 2.53. The Hall–Kier alpha value is -1.26. The molecule has 1 heterocycles. The fourth-order valence-electron chi connectivity index (χ4n) is 2.00. The lowest BCUT2D eigenvalue weighted by Gasteiger charge is -2.23. The van der Waals surface area contributed by atoms with Crippen LogP contribution >= 0.6 is 11.6 Å². The molecule has 0 aliphatic heterocycles. The summed E-state index contributed by atoms with van der Waals surface area (Å²) >= 11 is 5.81. The van der Waals surface area contributed by atoms with Crippen LogP contribution in [0.1, 0.15) is 18.0 Å². The van der Waals surface area contributed by atoms with Crippen molar-refractivity contribution < 1.29 is 4.42 Å². The van der Waals surface area contributed by atoms with Crippen LogP contribution in [0.25, 0.3) is 11.1 Å². The lowest BCUT2D eigenvalue weighted by molar-refractivity contribution is 0.293. The summed E-state index contributed by atoms with van der Waals surface area (Å²) < 4.78 is 5.05. The lowest BCUT2D eigenvalue weighted by Crippen LogP contribution is -2.20. The predicted molar refractivity (Wildman–Crippen MR) is 68.6 cm³/mol. The Morgan fingerprint density at radius 2 is 2.24 bits per heavy atom. The average Bonchev–Trinajstić information content (AvgIpc) is 2.64. The van der Waals surface area contributed by atoms with Crippen LogP contribution in [-0.2, 0) is 0 Å². The van der Waals surface area contributed by atoms with Crippen LogP contribution in [0.4, 0.5) is 0 Å². The Morgan fingerprint density at radius 1 is 1.47 bits per heavy atom. The highest BCUT2D eigenvalue weighted by atomic mass is 35.5. The molecule has 4 nitrogen and oxygen atoms in total. The molecule has 0 fully saturated rings. The zero-order chi connectivity index (χ0) is 12.4. The molecule has 0 amide bonds. The quantitative estimate of drug-likeness (QED) is 0.852. The highest BCUT2D eigenvalue weighted by Gasteiger charge is 2.14. The van der Waals surface area contributed by atoms with Gasteiger partial charge in [0.15, 0.2) is 5.58 Å². The van der Waals surface area contributed by atoms with Crippen LogP contribution in [0.2, 0.25) is 0 Å². The molecule has 0 aliphatic rings. The first-order chi connectivity index (χ1) is 8.11. The number of nitrogens with one attached hydrogen (secondary N) is 1. The molecule has 0 saturated carbocycles. The minimum absolute atomic E-state index is 0.233. The van der Waals surface area contributed by atoms with Gasteiger partial charge in [-0.25, -0.2) is 4.79 Å². The number of hydrogen-bond donors (Lipinski definition) is 1. The summed E-state index contributed by atoms with van der Waals surface area (Å²) in [6.07, 6.45) is 0.856. The molecule has 5 heteroatoms. The zero-order valence-electron chi connectivity index (χ0n) is 9.87. The van der Waals surface area contributed by atoms with Crippen molar-refractivity contribution in [3.8, 4) is 0 Å². The first-order valence-electron chi connectivity index (χ1n) is 5.47. The number of oxazole rings is 1. The van der Waals surface area contributed by atoms with Gasteiger partial charge < -0.3 is 9.32 Å². The van der Waals surface area contributed by atoms with E-state index in [0.29, 0.717) is 11.5 Å². The van der Waals surface area contributed by atoms with Crippen LogP contribution in [0, 0.1) is 0 Å². The fourth-order valence-corrected chi connectivity index (χ4v) is 2.20. The van der Waals surface area contributed by atoms with Crippen molar-refractivity contribution in [3.63, 3.8) is 0 Å². The number of halogens is 1. The number of benzene rings is 1. The van der Waals surface area contributed by atoms with Gasteiger partial charge in [-0.05, 0) is 38.2 Å². The third-order valence-corrected chi connectivity index (χ3v) is 3.05. The Balaban J connectivity index is 2.42. The Bertz CT molecular complexity index is 559. The second kappa shape index (κ2) is 4.94. The van der Waals surface area contributed by atoms with Crippen molar-refractivity contribution in [1.82, 2.24) is 9.88 Å². The number of nitrogens with zero attached hydrogens (tertiary/aromatic N) is 1. The lowest BCUT2D eigenvalue weighted by atomic mass is 10.0. The second-order valence-corrected chi connectivity index (χ2v) is 4.61. The summed E-state index contributed by atoms with van der Waals surface area (Å²) in [5, 5.41) is 0. The average molecular weight is 255 g/mol. The monoisotopic (exact) mass is 254 g/mol. The number of hydrogen-bond acceptors (Lipinski definition) is 3. The van der Waals surface area contributed by atoms with E-state index in [4.69, 9.17) is 16.0 Å². The molecule has 0 radical (unpaired) electrons. The largest absolute Gasteiger partial charge is 0.417 e. The molecule has 0 spiro atoms. The summed E-state index contributed by atoms with van der Waals surface area (Å²) in [6, 6.07) is 5.98. The van der Waals surface area contributed by atoms with Gasteiger partial charge in [0.1, 0.15) is 0 Å². The van der Waals surface area contributed by atoms with Crippen molar-refractivity contribution in [2.75, 3.05) is 20.0 Å². The van der Waals surface area contributed by atoms with Gasteiger partial charge in [0.05, 0.1) is 5.52 Å². The minimum atomic E-state index is -0.420. The van der Waals surface area contributed by atoms with Gasteiger partial charge in [-0.15, -0.1) is 11.6 Å². The van der Waals surface area contributed by atoms with Gasteiger partial charge in [0, 0.05) is 11.9 Å². The van der Waals surface area contributed by atoms with Crippen LogP contribution in [-0.4, -0.2) is 29.9 Å². The van der Waals surface area contributed by atoms with E-state index in [0.717, 1.165) is 17.5 Å². The SMILES string of the molecule is CN(C)C(CCCl)c1ccc2[nH]c(=O)oc2c1. The topological polar surface area (TPSA) is 49.2 Å². The van der Waals surface area contributed by atoms with Gasteiger partial charge >= 0.3 is 5.76 Å². The van der Waals surface area contributed by atoms with Crippen molar-refractivity contribution in [1.29, 1.82) is 0 Å². The Labute approximate surface area is 104 Å². The highest BCUT2D eigenvalue weighted by Crippen LogP contribution is 2.25. The minimum Gasteiger partial charge on any atom is -0.408 e. The fraction of sp³-hybridized carbons (Fsp3) is 0.417. The molecular weight excluding hydrogens is 240 g/mol. The molecule has 0 saturated heterocycles. The highest BCUT2D eigenvalue weighted by molar-refractivity contribution is 6.17. The summed E-state index contributed by atoms with van der Waals surface area (Å²) in [4.78, 5) is 15.8. The number of H-pyrrole nitrogens is 1. The zero-order valence-corrected chi connectivity index (χ0v) is 10.6.